The Morgan fingerprint density at radius 3 is 2.42 bits per heavy atom. The first-order chi connectivity index (χ1) is 16.0. The fourth-order valence-corrected chi connectivity index (χ4v) is 4.34. The first-order valence-corrected chi connectivity index (χ1v) is 11.1. The number of anilines is 4. The molecule has 0 amide bonds. The number of hydrogen-bond donors (Lipinski definition) is 1. The number of nitrogens with zero attached hydrogens (tertiary/aromatic N) is 5. The molecule has 33 heavy (non-hydrogen) atoms. The molecule has 1 saturated carbocycles. The lowest BCUT2D eigenvalue weighted by atomic mass is 9.73. The highest BCUT2D eigenvalue weighted by Crippen LogP contribution is 2.42. The second-order valence-electron chi connectivity index (χ2n) is 8.45. The van der Waals surface area contributed by atoms with Crippen LogP contribution >= 0.6 is 0 Å². The SMILES string of the molecule is NC1(c2ccc(N(c3ccccn3)c3nc(N4CCOCC4)ccc3[N+](=O)[O-])cc2)CCC1. The predicted molar refractivity (Wildman–Crippen MR) is 126 cm³/mol. The van der Waals surface area contributed by atoms with Crippen molar-refractivity contribution in [1.29, 1.82) is 0 Å². The predicted octanol–water partition coefficient (Wildman–Crippen LogP) is 4.03. The van der Waals surface area contributed by atoms with Gasteiger partial charge < -0.3 is 15.4 Å². The fraction of sp³-hybridized carbons (Fsp3) is 0.333. The topological polar surface area (TPSA) is 111 Å². The van der Waals surface area contributed by atoms with E-state index in [1.165, 1.54) is 6.07 Å². The number of aromatic nitrogens is 2. The minimum Gasteiger partial charge on any atom is -0.378 e. The Morgan fingerprint density at radius 2 is 1.82 bits per heavy atom. The van der Waals surface area contributed by atoms with Crippen LogP contribution in [0.3, 0.4) is 0 Å². The van der Waals surface area contributed by atoms with Crippen LogP contribution in [0.5, 0.6) is 0 Å². The van der Waals surface area contributed by atoms with Gasteiger partial charge in [-0.3, -0.25) is 15.0 Å². The number of benzene rings is 1. The second kappa shape index (κ2) is 8.76. The summed E-state index contributed by atoms with van der Waals surface area (Å²) < 4.78 is 5.44. The highest BCUT2D eigenvalue weighted by atomic mass is 16.6. The Balaban J connectivity index is 1.61. The number of nitro groups is 1. The van der Waals surface area contributed by atoms with Gasteiger partial charge in [0.25, 0.3) is 0 Å². The summed E-state index contributed by atoms with van der Waals surface area (Å²) in [5.41, 5.74) is 7.93. The van der Waals surface area contributed by atoms with Crippen molar-refractivity contribution in [2.75, 3.05) is 36.1 Å². The zero-order valence-electron chi connectivity index (χ0n) is 18.3. The van der Waals surface area contributed by atoms with Crippen molar-refractivity contribution >= 4 is 28.8 Å². The van der Waals surface area contributed by atoms with Gasteiger partial charge in [0.15, 0.2) is 0 Å². The molecule has 3 aromatic rings. The van der Waals surface area contributed by atoms with Crippen molar-refractivity contribution in [2.45, 2.75) is 24.8 Å². The van der Waals surface area contributed by atoms with Gasteiger partial charge in [-0.05, 0) is 55.2 Å². The normalized spacial score (nSPS) is 17.3. The van der Waals surface area contributed by atoms with Crippen LogP contribution < -0.4 is 15.5 Å². The molecule has 2 aromatic heterocycles. The monoisotopic (exact) mass is 446 g/mol. The first kappa shape index (κ1) is 21.3. The van der Waals surface area contributed by atoms with Crippen molar-refractivity contribution in [3.8, 4) is 0 Å². The van der Waals surface area contributed by atoms with E-state index in [1.54, 1.807) is 17.2 Å². The smallest absolute Gasteiger partial charge is 0.312 e. The van der Waals surface area contributed by atoms with Crippen molar-refractivity contribution in [1.82, 2.24) is 9.97 Å². The molecule has 1 aromatic carbocycles. The second-order valence-corrected chi connectivity index (χ2v) is 8.45. The largest absolute Gasteiger partial charge is 0.378 e. The molecule has 1 saturated heterocycles. The van der Waals surface area contributed by atoms with E-state index >= 15 is 0 Å². The number of pyridine rings is 2. The average Bonchev–Trinajstić information content (AvgIpc) is 2.84. The van der Waals surface area contributed by atoms with E-state index in [-0.39, 0.29) is 17.0 Å². The molecule has 9 heteroatoms. The summed E-state index contributed by atoms with van der Waals surface area (Å²) in [6.45, 7) is 2.56. The van der Waals surface area contributed by atoms with Crippen molar-refractivity contribution in [2.24, 2.45) is 5.73 Å². The maximum atomic E-state index is 12.0. The Hall–Kier alpha value is -3.56. The van der Waals surface area contributed by atoms with Gasteiger partial charge in [-0.2, -0.15) is 0 Å². The lowest BCUT2D eigenvalue weighted by Gasteiger charge is -2.38. The van der Waals surface area contributed by atoms with Crippen LogP contribution in [0.2, 0.25) is 0 Å². The maximum absolute atomic E-state index is 12.0. The molecule has 170 valence electrons. The van der Waals surface area contributed by atoms with Crippen molar-refractivity contribution < 1.29 is 9.66 Å². The maximum Gasteiger partial charge on any atom is 0.312 e. The molecule has 0 radical (unpaired) electrons. The average molecular weight is 447 g/mol. The van der Waals surface area contributed by atoms with Crippen molar-refractivity contribution in [3.05, 3.63) is 76.5 Å². The van der Waals surface area contributed by atoms with Crippen LogP contribution in [0.15, 0.2) is 60.8 Å². The minimum atomic E-state index is -0.404. The van der Waals surface area contributed by atoms with Crippen LogP contribution in [-0.2, 0) is 10.3 Å². The fourth-order valence-electron chi connectivity index (χ4n) is 4.34. The molecule has 0 unspecified atom stereocenters. The number of ether oxygens (including phenoxy) is 1. The molecule has 5 rings (SSSR count). The standard InChI is InChI=1S/C24H26N6O3/c25-24(11-3-12-24)18-5-7-19(8-6-18)29(21-4-1-2-13-26-21)23-20(30(31)32)9-10-22(27-23)28-14-16-33-17-15-28/h1-2,4-10,13H,3,11-12,14-17,25H2. The minimum absolute atomic E-state index is 0.0870. The van der Waals surface area contributed by atoms with E-state index in [0.29, 0.717) is 37.9 Å². The molecule has 2 fully saturated rings. The van der Waals surface area contributed by atoms with E-state index < -0.39 is 4.92 Å². The molecular weight excluding hydrogens is 420 g/mol. The van der Waals surface area contributed by atoms with Gasteiger partial charge in [0, 0.05) is 36.6 Å². The van der Waals surface area contributed by atoms with E-state index in [0.717, 1.165) is 30.5 Å². The zero-order chi connectivity index (χ0) is 22.8. The molecule has 2 N–H and O–H groups in total. The van der Waals surface area contributed by atoms with Crippen LogP contribution in [0.4, 0.5) is 28.8 Å². The molecule has 9 nitrogen and oxygen atoms in total. The summed E-state index contributed by atoms with van der Waals surface area (Å²) in [5, 5.41) is 12.0. The van der Waals surface area contributed by atoms with Crippen LogP contribution in [0.25, 0.3) is 0 Å². The molecule has 2 aliphatic rings. The molecule has 3 heterocycles. The number of hydrogen-bond acceptors (Lipinski definition) is 8. The summed E-state index contributed by atoms with van der Waals surface area (Å²) in [6.07, 6.45) is 4.72. The number of rotatable bonds is 6. The quantitative estimate of drug-likeness (QED) is 0.446. The van der Waals surface area contributed by atoms with Gasteiger partial charge in [-0.1, -0.05) is 18.2 Å². The number of morpholine rings is 1. The van der Waals surface area contributed by atoms with Crippen LogP contribution in [-0.4, -0.2) is 41.2 Å². The summed E-state index contributed by atoms with van der Waals surface area (Å²) >= 11 is 0. The summed E-state index contributed by atoms with van der Waals surface area (Å²) in [4.78, 5) is 24.6. The first-order valence-electron chi connectivity index (χ1n) is 11.1. The van der Waals surface area contributed by atoms with Gasteiger partial charge in [0.1, 0.15) is 11.6 Å². The Bertz CT molecular complexity index is 1130. The number of nitrogens with two attached hydrogens (primary N) is 1. The molecule has 0 atom stereocenters. The Kier molecular flexibility index (Phi) is 5.65. The van der Waals surface area contributed by atoms with Crippen molar-refractivity contribution in [3.63, 3.8) is 0 Å². The molecular formula is C24H26N6O3. The Morgan fingerprint density at radius 1 is 1.06 bits per heavy atom. The summed E-state index contributed by atoms with van der Waals surface area (Å²) in [5.74, 6) is 1.44. The Labute approximate surface area is 192 Å². The van der Waals surface area contributed by atoms with Gasteiger partial charge in [-0.25, -0.2) is 9.97 Å². The summed E-state index contributed by atoms with van der Waals surface area (Å²) in [6, 6.07) is 16.6. The lowest BCUT2D eigenvalue weighted by molar-refractivity contribution is -0.384. The van der Waals surface area contributed by atoms with Gasteiger partial charge in [0.2, 0.25) is 5.82 Å². The lowest BCUT2D eigenvalue weighted by Crippen LogP contribution is -2.43. The summed E-state index contributed by atoms with van der Waals surface area (Å²) in [7, 11) is 0. The molecule has 0 spiro atoms. The zero-order valence-corrected chi connectivity index (χ0v) is 18.3. The highest BCUT2D eigenvalue weighted by Gasteiger charge is 2.34. The van der Waals surface area contributed by atoms with Gasteiger partial charge in [0.05, 0.1) is 18.1 Å². The third-order valence-electron chi connectivity index (χ3n) is 6.41. The van der Waals surface area contributed by atoms with E-state index in [1.807, 2.05) is 42.5 Å². The molecule has 1 aliphatic carbocycles. The van der Waals surface area contributed by atoms with Gasteiger partial charge in [-0.15, -0.1) is 0 Å². The van der Waals surface area contributed by atoms with Gasteiger partial charge >= 0.3 is 5.69 Å². The third kappa shape index (κ3) is 4.12. The van der Waals surface area contributed by atoms with Crippen LogP contribution in [0, 0.1) is 10.1 Å². The molecule has 0 bridgehead atoms. The van der Waals surface area contributed by atoms with Crippen LogP contribution in [0.1, 0.15) is 24.8 Å². The van der Waals surface area contributed by atoms with E-state index in [4.69, 9.17) is 15.5 Å². The highest BCUT2D eigenvalue weighted by molar-refractivity contribution is 5.78. The van der Waals surface area contributed by atoms with E-state index in [2.05, 4.69) is 9.88 Å². The van der Waals surface area contributed by atoms with E-state index in [9.17, 15) is 10.1 Å². The molecule has 1 aliphatic heterocycles. The third-order valence-corrected chi connectivity index (χ3v) is 6.41.